The van der Waals surface area contributed by atoms with Crippen LogP contribution in [0, 0.1) is 0 Å². The molecule has 1 rings (SSSR count). The van der Waals surface area contributed by atoms with E-state index in [-0.39, 0.29) is 18.1 Å². The maximum Gasteiger partial charge on any atom is 0.534 e. The molecule has 0 bridgehead atoms. The Balaban J connectivity index is 0.000000468. The van der Waals surface area contributed by atoms with Crippen LogP contribution in [0.2, 0.25) is 0 Å². The molecule has 0 amide bonds. The third kappa shape index (κ3) is 9.47. The molecule has 0 spiro atoms. The summed E-state index contributed by atoms with van der Waals surface area (Å²) in [6.45, 7) is 4.38. The van der Waals surface area contributed by atoms with Crippen molar-refractivity contribution in [1.29, 1.82) is 0 Å². The van der Waals surface area contributed by atoms with E-state index in [0.29, 0.717) is 25.9 Å². The first-order valence-electron chi connectivity index (χ1n) is 7.49. The molecule has 0 atom stereocenters. The number of allylic oxidation sites excluding steroid dienone is 2. The summed E-state index contributed by atoms with van der Waals surface area (Å²) >= 11 is 0. The summed E-state index contributed by atoms with van der Waals surface area (Å²) in [5.74, 6) is -0.173. The van der Waals surface area contributed by atoms with Gasteiger partial charge in [0.1, 0.15) is 5.76 Å². The van der Waals surface area contributed by atoms with E-state index in [9.17, 15) is 26.4 Å². The van der Waals surface area contributed by atoms with Crippen LogP contribution in [0.15, 0.2) is 11.8 Å². The second kappa shape index (κ2) is 10.5. The van der Waals surface area contributed by atoms with Crippen LogP contribution in [0.3, 0.4) is 0 Å². The van der Waals surface area contributed by atoms with Gasteiger partial charge in [0.05, 0.1) is 6.61 Å². The standard InChI is InChI=1S/C7H9F3O3S.C7H14O2/c8-7(9,10)14(11,12)13-6-4-2-1-3-5-6;1-3-5-6-7(8)9-4-2/h4H,1-3,5H2;3-6H2,1-2H3. The topological polar surface area (TPSA) is 69.7 Å². The Kier molecular flexibility index (Phi) is 9.94. The first-order valence-corrected chi connectivity index (χ1v) is 8.90. The van der Waals surface area contributed by atoms with Gasteiger partial charge in [-0.25, -0.2) is 0 Å². The van der Waals surface area contributed by atoms with Gasteiger partial charge in [0.2, 0.25) is 0 Å². The Morgan fingerprint density at radius 1 is 1.26 bits per heavy atom. The average molecular weight is 360 g/mol. The fourth-order valence-electron chi connectivity index (χ4n) is 1.63. The summed E-state index contributed by atoms with van der Waals surface area (Å²) in [5.41, 5.74) is -5.34. The van der Waals surface area contributed by atoms with Crippen LogP contribution in [0.1, 0.15) is 58.8 Å². The second-order valence-electron chi connectivity index (χ2n) is 4.81. The quantitative estimate of drug-likeness (QED) is 0.406. The van der Waals surface area contributed by atoms with E-state index in [1.165, 1.54) is 6.08 Å². The third-order valence-corrected chi connectivity index (χ3v) is 3.79. The summed E-state index contributed by atoms with van der Waals surface area (Å²) in [6.07, 6.45) is 6.25. The zero-order valence-corrected chi connectivity index (χ0v) is 14.1. The van der Waals surface area contributed by atoms with Crippen LogP contribution in [0.4, 0.5) is 13.2 Å². The summed E-state index contributed by atoms with van der Waals surface area (Å²) < 4.78 is 65.3. The predicted molar refractivity (Wildman–Crippen MR) is 78.8 cm³/mol. The average Bonchev–Trinajstić information content (AvgIpc) is 2.45. The Bertz CT molecular complexity index is 483. The summed E-state index contributed by atoms with van der Waals surface area (Å²) in [7, 11) is -5.47. The fourth-order valence-corrected chi connectivity index (χ4v) is 2.15. The molecule has 0 unspecified atom stereocenters. The molecule has 23 heavy (non-hydrogen) atoms. The van der Waals surface area contributed by atoms with Crippen molar-refractivity contribution in [2.45, 2.75) is 64.3 Å². The van der Waals surface area contributed by atoms with Gasteiger partial charge in [-0.2, -0.15) is 21.6 Å². The molecule has 136 valence electrons. The van der Waals surface area contributed by atoms with E-state index in [1.54, 1.807) is 0 Å². The highest BCUT2D eigenvalue weighted by Gasteiger charge is 2.48. The highest BCUT2D eigenvalue weighted by atomic mass is 32.2. The number of hydrogen-bond acceptors (Lipinski definition) is 5. The molecule has 0 N–H and O–H groups in total. The van der Waals surface area contributed by atoms with Crippen LogP contribution < -0.4 is 0 Å². The minimum Gasteiger partial charge on any atom is -0.466 e. The number of esters is 1. The van der Waals surface area contributed by atoms with Gasteiger partial charge in [-0.3, -0.25) is 4.79 Å². The van der Waals surface area contributed by atoms with E-state index in [0.717, 1.165) is 19.3 Å². The number of carbonyl (C=O) groups excluding carboxylic acids is 1. The van der Waals surface area contributed by atoms with Crippen LogP contribution in [0.25, 0.3) is 0 Å². The molecule has 5 nitrogen and oxygen atoms in total. The Morgan fingerprint density at radius 3 is 2.35 bits per heavy atom. The molecule has 0 saturated carbocycles. The number of alkyl halides is 3. The van der Waals surface area contributed by atoms with Gasteiger partial charge in [-0.15, -0.1) is 0 Å². The van der Waals surface area contributed by atoms with E-state index >= 15 is 0 Å². The molecule has 1 aliphatic rings. The normalized spacial score (nSPS) is 15.1. The van der Waals surface area contributed by atoms with E-state index in [2.05, 4.69) is 11.1 Å². The van der Waals surface area contributed by atoms with Gasteiger partial charge in [0.25, 0.3) is 0 Å². The van der Waals surface area contributed by atoms with Gasteiger partial charge >= 0.3 is 21.6 Å². The maximum absolute atomic E-state index is 11.8. The Hall–Kier alpha value is -1.25. The highest BCUT2D eigenvalue weighted by molar-refractivity contribution is 7.87. The van der Waals surface area contributed by atoms with Crippen LogP contribution in [0.5, 0.6) is 0 Å². The molecule has 0 radical (unpaired) electrons. The van der Waals surface area contributed by atoms with Gasteiger partial charge in [0, 0.05) is 12.8 Å². The van der Waals surface area contributed by atoms with Gasteiger partial charge in [0.15, 0.2) is 0 Å². The van der Waals surface area contributed by atoms with Crippen molar-refractivity contribution < 1.29 is 35.3 Å². The number of carbonyl (C=O) groups is 1. The molecule has 0 aliphatic heterocycles. The highest BCUT2D eigenvalue weighted by Crippen LogP contribution is 2.29. The van der Waals surface area contributed by atoms with E-state index in [4.69, 9.17) is 4.74 Å². The van der Waals surface area contributed by atoms with E-state index in [1.807, 2.05) is 6.92 Å². The number of halogens is 3. The number of hydrogen-bond donors (Lipinski definition) is 0. The summed E-state index contributed by atoms with van der Waals surface area (Å²) in [6, 6.07) is 0. The van der Waals surface area contributed by atoms with Crippen LogP contribution >= 0.6 is 0 Å². The molecule has 0 heterocycles. The Morgan fingerprint density at radius 2 is 1.91 bits per heavy atom. The molecule has 0 aromatic rings. The number of ether oxygens (including phenoxy) is 1. The van der Waals surface area contributed by atoms with Crippen LogP contribution in [-0.4, -0.2) is 26.5 Å². The largest absolute Gasteiger partial charge is 0.534 e. The molecule has 1 aliphatic carbocycles. The zero-order valence-electron chi connectivity index (χ0n) is 13.3. The lowest BCUT2D eigenvalue weighted by Crippen LogP contribution is -2.25. The molecular formula is C14H23F3O5S. The minimum absolute atomic E-state index is 0.0700. The van der Waals surface area contributed by atoms with Crippen molar-refractivity contribution in [3.8, 4) is 0 Å². The maximum atomic E-state index is 11.8. The SMILES string of the molecule is CCCCC(=O)OCC.O=S(=O)(OC1=CCCCC1)C(F)(F)F. The van der Waals surface area contributed by atoms with Crippen molar-refractivity contribution >= 4 is 16.1 Å². The lowest BCUT2D eigenvalue weighted by molar-refractivity contribution is -0.143. The lowest BCUT2D eigenvalue weighted by Gasteiger charge is -2.14. The van der Waals surface area contributed by atoms with Crippen molar-refractivity contribution in [3.63, 3.8) is 0 Å². The number of rotatable bonds is 6. The monoisotopic (exact) mass is 360 g/mol. The van der Waals surface area contributed by atoms with Crippen molar-refractivity contribution in [2.24, 2.45) is 0 Å². The zero-order chi connectivity index (χ0) is 17.9. The van der Waals surface area contributed by atoms with Crippen molar-refractivity contribution in [2.75, 3.05) is 6.61 Å². The second-order valence-corrected chi connectivity index (χ2v) is 6.35. The fraction of sp³-hybridized carbons (Fsp3) is 0.786. The molecule has 9 heteroatoms. The predicted octanol–water partition coefficient (Wildman–Crippen LogP) is 4.05. The van der Waals surface area contributed by atoms with E-state index < -0.39 is 15.6 Å². The molecule has 0 aromatic heterocycles. The van der Waals surface area contributed by atoms with Gasteiger partial charge in [-0.1, -0.05) is 13.3 Å². The molecule has 0 fully saturated rings. The molecule has 0 aromatic carbocycles. The summed E-state index contributed by atoms with van der Waals surface area (Å²) in [4.78, 5) is 10.6. The van der Waals surface area contributed by atoms with Crippen molar-refractivity contribution in [3.05, 3.63) is 11.8 Å². The summed E-state index contributed by atoms with van der Waals surface area (Å²) in [5, 5.41) is 0. The van der Waals surface area contributed by atoms with Crippen molar-refractivity contribution in [1.82, 2.24) is 0 Å². The van der Waals surface area contributed by atoms with Crippen LogP contribution in [-0.2, 0) is 23.8 Å². The smallest absolute Gasteiger partial charge is 0.466 e. The minimum atomic E-state index is -5.47. The van der Waals surface area contributed by atoms with Gasteiger partial charge < -0.3 is 8.92 Å². The number of unbranched alkanes of at least 4 members (excludes halogenated alkanes) is 1. The van der Waals surface area contributed by atoms with Gasteiger partial charge in [-0.05, 0) is 38.7 Å². The molecular weight excluding hydrogens is 337 g/mol. The third-order valence-electron chi connectivity index (χ3n) is 2.79. The Labute approximate surface area is 135 Å². The first-order chi connectivity index (χ1) is 10.6. The lowest BCUT2D eigenvalue weighted by atomic mass is 10.1. The first kappa shape index (κ1) is 21.8. The molecule has 0 saturated heterocycles.